The van der Waals surface area contributed by atoms with Gasteiger partial charge in [-0.2, -0.15) is 0 Å². The predicted molar refractivity (Wildman–Crippen MR) is 82.8 cm³/mol. The average molecular weight is 342 g/mol. The number of benzene rings is 1. The fourth-order valence-electron chi connectivity index (χ4n) is 2.72. The van der Waals surface area contributed by atoms with E-state index in [1.165, 1.54) is 6.07 Å². The summed E-state index contributed by atoms with van der Waals surface area (Å²) in [6, 6.07) is 4.73. The lowest BCUT2D eigenvalue weighted by Gasteiger charge is -2.39. The van der Waals surface area contributed by atoms with Gasteiger partial charge in [-0.3, -0.25) is 4.79 Å². The van der Waals surface area contributed by atoms with Crippen LogP contribution in [0.3, 0.4) is 0 Å². The minimum Gasteiger partial charge on any atom is -0.346 e. The average Bonchev–Trinajstić information content (AvgIpc) is 2.41. The Morgan fingerprint density at radius 1 is 1.45 bits per heavy atom. The molecular weight excluding hydrogens is 321 g/mol. The predicted octanol–water partition coefficient (Wildman–Crippen LogP) is 4.21. The minimum atomic E-state index is -0.448. The molecule has 0 atom stereocenters. The van der Waals surface area contributed by atoms with E-state index < -0.39 is 5.82 Å². The van der Waals surface area contributed by atoms with Crippen LogP contribution in [-0.4, -0.2) is 16.8 Å². The highest BCUT2D eigenvalue weighted by Crippen LogP contribution is 2.33. The van der Waals surface area contributed by atoms with Crippen molar-refractivity contribution in [3.63, 3.8) is 0 Å². The van der Waals surface area contributed by atoms with Crippen LogP contribution < -0.4 is 5.32 Å². The molecule has 1 aliphatic carbocycles. The molecule has 1 aromatic rings. The van der Waals surface area contributed by atoms with Gasteiger partial charge in [0.05, 0.1) is 11.1 Å². The number of amides is 1. The van der Waals surface area contributed by atoms with Gasteiger partial charge in [0.1, 0.15) is 5.82 Å². The van der Waals surface area contributed by atoms with Crippen LogP contribution in [0.15, 0.2) is 18.2 Å². The number of hydrogen-bond donors (Lipinski definition) is 1. The van der Waals surface area contributed by atoms with E-state index in [0.29, 0.717) is 11.2 Å². The number of rotatable bonds is 3. The molecule has 0 aromatic heterocycles. The Morgan fingerprint density at radius 2 is 2.10 bits per heavy atom. The molecular formula is C16H21BrFNO. The van der Waals surface area contributed by atoms with Gasteiger partial charge in [-0.1, -0.05) is 28.9 Å². The monoisotopic (exact) mass is 341 g/mol. The van der Waals surface area contributed by atoms with Gasteiger partial charge in [0, 0.05) is 5.33 Å². The van der Waals surface area contributed by atoms with E-state index in [-0.39, 0.29) is 17.0 Å². The van der Waals surface area contributed by atoms with Crippen molar-refractivity contribution in [1.82, 2.24) is 5.32 Å². The molecule has 1 aromatic carbocycles. The summed E-state index contributed by atoms with van der Waals surface area (Å²) in [5, 5.41) is 3.77. The highest BCUT2D eigenvalue weighted by Gasteiger charge is 2.35. The largest absolute Gasteiger partial charge is 0.346 e. The Morgan fingerprint density at radius 3 is 2.65 bits per heavy atom. The van der Waals surface area contributed by atoms with Gasteiger partial charge >= 0.3 is 0 Å². The number of carbonyl (C=O) groups excluding carboxylic acids is 1. The van der Waals surface area contributed by atoms with Crippen LogP contribution in [0.5, 0.6) is 0 Å². The Labute approximate surface area is 128 Å². The lowest BCUT2D eigenvalue weighted by Crippen LogP contribution is -2.52. The molecule has 1 fully saturated rings. The second-order valence-electron chi connectivity index (χ2n) is 6.03. The smallest absolute Gasteiger partial charge is 0.254 e. The first-order chi connectivity index (χ1) is 9.46. The number of carbonyl (C=O) groups is 1. The number of nitrogens with one attached hydrogen (secondary N) is 1. The molecule has 0 saturated heterocycles. The van der Waals surface area contributed by atoms with Crippen LogP contribution in [0.1, 0.15) is 48.5 Å². The normalized spacial score (nSPS) is 26.3. The summed E-state index contributed by atoms with van der Waals surface area (Å²) in [5.41, 5.74) is 0.719. The van der Waals surface area contributed by atoms with Crippen molar-refractivity contribution in [2.75, 3.05) is 5.33 Å². The van der Waals surface area contributed by atoms with Gasteiger partial charge in [0.25, 0.3) is 5.91 Å². The summed E-state index contributed by atoms with van der Waals surface area (Å²) in [7, 11) is 0. The quantitative estimate of drug-likeness (QED) is 0.820. The maximum Gasteiger partial charge on any atom is 0.254 e. The first-order valence-electron chi connectivity index (χ1n) is 7.10. The maximum absolute atomic E-state index is 13.9. The van der Waals surface area contributed by atoms with Gasteiger partial charge in [0.15, 0.2) is 0 Å². The fourth-order valence-corrected chi connectivity index (χ4v) is 3.42. The zero-order valence-electron chi connectivity index (χ0n) is 12.0. The summed E-state index contributed by atoms with van der Waals surface area (Å²) in [4.78, 5) is 12.3. The molecule has 0 radical (unpaired) electrons. The van der Waals surface area contributed by atoms with Crippen LogP contribution in [-0.2, 0) is 0 Å². The molecule has 0 heterocycles. The van der Waals surface area contributed by atoms with E-state index in [0.717, 1.165) is 31.2 Å². The molecule has 0 bridgehead atoms. The van der Waals surface area contributed by atoms with Crippen molar-refractivity contribution < 1.29 is 9.18 Å². The lowest BCUT2D eigenvalue weighted by atomic mass is 9.78. The van der Waals surface area contributed by atoms with E-state index in [1.54, 1.807) is 12.1 Å². The van der Waals surface area contributed by atoms with E-state index >= 15 is 0 Å². The zero-order chi connectivity index (χ0) is 14.8. The second-order valence-corrected chi connectivity index (χ2v) is 6.59. The maximum atomic E-state index is 13.9. The highest BCUT2D eigenvalue weighted by molar-refractivity contribution is 9.09. The first kappa shape index (κ1) is 15.5. The minimum absolute atomic E-state index is 0.134. The molecule has 20 heavy (non-hydrogen) atoms. The van der Waals surface area contributed by atoms with Crippen LogP contribution in [0.2, 0.25) is 0 Å². The van der Waals surface area contributed by atoms with Gasteiger partial charge in [-0.05, 0) is 56.2 Å². The van der Waals surface area contributed by atoms with Crippen molar-refractivity contribution >= 4 is 21.8 Å². The highest BCUT2D eigenvalue weighted by atomic mass is 79.9. The van der Waals surface area contributed by atoms with Crippen LogP contribution >= 0.6 is 15.9 Å². The topological polar surface area (TPSA) is 29.1 Å². The lowest BCUT2D eigenvalue weighted by molar-refractivity contribution is 0.0870. The summed E-state index contributed by atoms with van der Waals surface area (Å²) in [6.07, 6.45) is 4.09. The van der Waals surface area contributed by atoms with E-state index in [1.807, 2.05) is 6.92 Å². The third-order valence-corrected chi connectivity index (χ3v) is 5.31. The van der Waals surface area contributed by atoms with Crippen molar-refractivity contribution in [2.24, 2.45) is 5.92 Å². The van der Waals surface area contributed by atoms with Crippen LogP contribution in [0.4, 0.5) is 4.39 Å². The molecule has 2 nitrogen and oxygen atoms in total. The summed E-state index contributed by atoms with van der Waals surface area (Å²) >= 11 is 3.51. The Kier molecular flexibility index (Phi) is 4.84. The zero-order valence-corrected chi connectivity index (χ0v) is 13.6. The Balaban J connectivity index is 2.13. The molecule has 0 spiro atoms. The summed E-state index contributed by atoms with van der Waals surface area (Å²) in [6.45, 7) is 4.05. The van der Waals surface area contributed by atoms with Crippen molar-refractivity contribution in [3.05, 3.63) is 35.1 Å². The van der Waals surface area contributed by atoms with Crippen molar-refractivity contribution in [1.29, 1.82) is 0 Å². The van der Waals surface area contributed by atoms with Crippen LogP contribution in [0.25, 0.3) is 0 Å². The van der Waals surface area contributed by atoms with Gasteiger partial charge in [-0.15, -0.1) is 0 Å². The number of aryl methyl sites for hydroxylation is 1. The van der Waals surface area contributed by atoms with Gasteiger partial charge in [0.2, 0.25) is 0 Å². The molecule has 0 aliphatic heterocycles. The molecule has 1 aliphatic rings. The summed E-state index contributed by atoms with van der Waals surface area (Å²) in [5.74, 6) is -0.0527. The van der Waals surface area contributed by atoms with E-state index in [4.69, 9.17) is 0 Å². The Bertz CT molecular complexity index is 495. The first-order valence-corrected chi connectivity index (χ1v) is 8.22. The van der Waals surface area contributed by atoms with E-state index in [2.05, 4.69) is 28.2 Å². The number of halogens is 2. The fraction of sp³-hybridized carbons (Fsp3) is 0.562. The molecule has 1 amide bonds. The van der Waals surface area contributed by atoms with E-state index in [9.17, 15) is 9.18 Å². The Hall–Kier alpha value is -0.900. The third kappa shape index (κ3) is 3.40. The molecule has 4 heteroatoms. The molecule has 1 N–H and O–H groups in total. The van der Waals surface area contributed by atoms with Crippen molar-refractivity contribution in [3.8, 4) is 0 Å². The van der Waals surface area contributed by atoms with Gasteiger partial charge in [-0.25, -0.2) is 4.39 Å². The third-order valence-electron chi connectivity index (χ3n) is 4.24. The second kappa shape index (κ2) is 6.25. The summed E-state index contributed by atoms with van der Waals surface area (Å²) < 4.78 is 13.9. The molecule has 0 unspecified atom stereocenters. The van der Waals surface area contributed by atoms with Crippen LogP contribution in [0, 0.1) is 18.7 Å². The molecule has 1 saturated carbocycles. The standard InChI is InChI=1S/C16H21BrFNO/c1-11-5-7-16(10-17,8-6-11)19-15(20)13-4-3-12(2)9-14(13)18/h3-4,9,11H,5-8,10H2,1-2H3,(H,19,20). The molecule has 2 rings (SSSR count). The molecule has 110 valence electrons. The van der Waals surface area contributed by atoms with Gasteiger partial charge < -0.3 is 5.32 Å². The SMILES string of the molecule is Cc1ccc(C(=O)NC2(CBr)CCC(C)CC2)c(F)c1. The number of alkyl halides is 1. The number of hydrogen-bond acceptors (Lipinski definition) is 1. The van der Waals surface area contributed by atoms with Crippen molar-refractivity contribution in [2.45, 2.75) is 45.1 Å².